The topological polar surface area (TPSA) is 0 Å². The molecule has 0 rings (SSSR count). The van der Waals surface area contributed by atoms with E-state index in [4.69, 9.17) is 0 Å². The Labute approximate surface area is 185 Å². The summed E-state index contributed by atoms with van der Waals surface area (Å²) >= 11 is -3.24. The Bertz CT molecular complexity index is 246. The van der Waals surface area contributed by atoms with Crippen molar-refractivity contribution in [1.82, 2.24) is 0 Å². The van der Waals surface area contributed by atoms with Crippen LogP contribution in [-0.2, 0) is 0 Å². The molecule has 0 bridgehead atoms. The normalized spacial score (nSPS) is 12.7. The summed E-state index contributed by atoms with van der Waals surface area (Å²) in [4.78, 5) is 0. The summed E-state index contributed by atoms with van der Waals surface area (Å²) in [6, 6.07) is 0. The van der Waals surface area contributed by atoms with Crippen LogP contribution in [0.4, 0.5) is 0 Å². The van der Waals surface area contributed by atoms with Gasteiger partial charge < -0.3 is 0 Å². The van der Waals surface area contributed by atoms with Crippen LogP contribution in [0.5, 0.6) is 0 Å². The van der Waals surface area contributed by atoms with Gasteiger partial charge in [0, 0.05) is 0 Å². The van der Waals surface area contributed by atoms with E-state index in [1.54, 1.807) is 38.5 Å². The molecule has 1 radical (unpaired) electrons. The first-order chi connectivity index (χ1) is 13.1. The molecule has 0 saturated heterocycles. The van der Waals surface area contributed by atoms with E-state index < -0.39 is 29.0 Å². The van der Waals surface area contributed by atoms with Gasteiger partial charge in [0.25, 0.3) is 0 Å². The monoisotopic (exact) mass is 712 g/mol. The summed E-state index contributed by atoms with van der Waals surface area (Å²) in [6.07, 6.45) is 18.4. The Morgan fingerprint density at radius 1 is 0.370 bits per heavy atom. The molecule has 0 aromatic rings. The molecular weight excluding hydrogens is 653 g/mol. The first kappa shape index (κ1) is 29.4. The number of hydrogen-bond donors (Lipinski definition) is 0. The zero-order chi connectivity index (χ0) is 20.4. The Morgan fingerprint density at radius 2 is 0.556 bits per heavy atom. The van der Waals surface area contributed by atoms with Crippen molar-refractivity contribution in [3.8, 4) is 0 Å². The minimum absolute atomic E-state index is 0.429. The van der Waals surface area contributed by atoms with Crippen LogP contribution in [0.1, 0.15) is 119 Å². The van der Waals surface area contributed by atoms with E-state index >= 15 is 0 Å². The van der Waals surface area contributed by atoms with Gasteiger partial charge in [0.2, 0.25) is 0 Å². The molecule has 0 unspecified atom stereocenters. The van der Waals surface area contributed by atoms with Crippen LogP contribution < -0.4 is 0 Å². The molecule has 163 valence electrons. The fourth-order valence-corrected chi connectivity index (χ4v) is 273. The number of rotatable bonds is 20. The molecular formula is C24H54Sn2Te+. The van der Waals surface area contributed by atoms with Crippen molar-refractivity contribution >= 4 is 42.0 Å². The Balaban J connectivity index is 5.66. The van der Waals surface area contributed by atoms with E-state index in [1.807, 2.05) is 26.6 Å². The maximum atomic E-state index is 2.46. The SMILES string of the molecule is CCC[CH2][Sn]([CH2]CCC)([CH2]CCC)[Te+][Sn]([CH2]CCC)([CH2]CCC)[CH2]CCC. The summed E-state index contributed by atoms with van der Waals surface area (Å²) in [5.41, 5.74) is 0. The van der Waals surface area contributed by atoms with Crippen molar-refractivity contribution < 1.29 is 0 Å². The van der Waals surface area contributed by atoms with E-state index in [-0.39, 0.29) is 0 Å². The molecule has 0 amide bonds. The zero-order valence-corrected chi connectivity index (χ0v) is 28.2. The molecule has 0 nitrogen and oxygen atoms in total. The fourth-order valence-electron chi connectivity index (χ4n) is 4.51. The standard InChI is InChI=1S/6C4H9.2Sn.Te/c6*1-3-4-2;;;/h6*1,3-4H2,2H3;;;/q;;;;;;;;+1. The van der Waals surface area contributed by atoms with Gasteiger partial charge in [0.05, 0.1) is 0 Å². The third-order valence-corrected chi connectivity index (χ3v) is 182. The van der Waals surface area contributed by atoms with Gasteiger partial charge in [-0.25, -0.2) is 0 Å². The van der Waals surface area contributed by atoms with Crippen molar-refractivity contribution in [2.75, 3.05) is 0 Å². The molecule has 0 heterocycles. The summed E-state index contributed by atoms with van der Waals surface area (Å²) < 4.78 is 10.9. The maximum absolute atomic E-state index is 2.46. The predicted molar refractivity (Wildman–Crippen MR) is 136 cm³/mol. The Morgan fingerprint density at radius 3 is 0.704 bits per heavy atom. The minimum atomic E-state index is -1.83. The molecule has 27 heavy (non-hydrogen) atoms. The van der Waals surface area contributed by atoms with Gasteiger partial charge in [-0.3, -0.25) is 0 Å². The second-order valence-corrected chi connectivity index (χ2v) is 95.0. The van der Waals surface area contributed by atoms with Crippen molar-refractivity contribution in [2.24, 2.45) is 0 Å². The summed E-state index contributed by atoms with van der Waals surface area (Å²) in [7, 11) is 0. The molecule has 0 spiro atoms. The van der Waals surface area contributed by atoms with Gasteiger partial charge >= 0.3 is 187 Å². The van der Waals surface area contributed by atoms with Crippen molar-refractivity contribution in [2.45, 2.75) is 145 Å². The van der Waals surface area contributed by atoms with Gasteiger partial charge in [0.15, 0.2) is 0 Å². The van der Waals surface area contributed by atoms with Crippen LogP contribution in [0, 0.1) is 0 Å². The van der Waals surface area contributed by atoms with Crippen molar-refractivity contribution in [3.63, 3.8) is 0 Å². The average Bonchev–Trinajstić information content (AvgIpc) is 2.70. The van der Waals surface area contributed by atoms with Crippen molar-refractivity contribution in [3.05, 3.63) is 0 Å². The van der Waals surface area contributed by atoms with Gasteiger partial charge in [0.1, 0.15) is 0 Å². The van der Waals surface area contributed by atoms with Gasteiger partial charge in [-0.15, -0.1) is 0 Å². The molecule has 0 aliphatic carbocycles. The molecule has 0 aromatic heterocycles. The molecule has 0 aromatic carbocycles. The van der Waals surface area contributed by atoms with Crippen LogP contribution >= 0.6 is 0 Å². The second-order valence-electron chi connectivity index (χ2n) is 9.09. The second kappa shape index (κ2) is 19.1. The summed E-state index contributed by atoms with van der Waals surface area (Å²) in [5, 5.41) is 0. The molecule has 0 N–H and O–H groups in total. The molecule has 3 heteroatoms. The molecule has 0 saturated carbocycles. The molecule has 0 atom stereocenters. The van der Waals surface area contributed by atoms with Gasteiger partial charge in [-0.05, 0) is 0 Å². The zero-order valence-electron chi connectivity index (χ0n) is 20.1. The molecule has 0 aliphatic heterocycles. The van der Waals surface area contributed by atoms with Crippen LogP contribution in [0.3, 0.4) is 0 Å². The Hall–Kier alpha value is 2.39. The van der Waals surface area contributed by atoms with E-state index in [9.17, 15) is 0 Å². The summed E-state index contributed by atoms with van der Waals surface area (Å²) in [5.74, 6) is 0. The quantitative estimate of drug-likeness (QED) is 0.111. The van der Waals surface area contributed by atoms with Gasteiger partial charge in [-0.2, -0.15) is 0 Å². The molecule has 0 fully saturated rings. The number of unbranched alkanes of at least 4 members (excludes halogenated alkanes) is 6. The number of hydrogen-bond acceptors (Lipinski definition) is 0. The fraction of sp³-hybridized carbons (Fsp3) is 1.00. The van der Waals surface area contributed by atoms with Crippen molar-refractivity contribution in [1.29, 1.82) is 0 Å². The van der Waals surface area contributed by atoms with Gasteiger partial charge in [-0.1, -0.05) is 0 Å². The Kier molecular flexibility index (Phi) is 20.8. The van der Waals surface area contributed by atoms with E-state index in [1.165, 1.54) is 38.5 Å². The third kappa shape index (κ3) is 13.4. The molecule has 0 aliphatic rings. The third-order valence-electron chi connectivity index (χ3n) is 6.35. The van der Waals surface area contributed by atoms with E-state index in [0.29, 0.717) is 13.1 Å². The average molecular weight is 708 g/mol. The van der Waals surface area contributed by atoms with Crippen LogP contribution in [-0.4, -0.2) is 42.0 Å². The first-order valence-electron chi connectivity index (χ1n) is 12.8. The van der Waals surface area contributed by atoms with Crippen LogP contribution in [0.15, 0.2) is 0 Å². The first-order valence-corrected chi connectivity index (χ1v) is 42.8. The predicted octanol–water partition coefficient (Wildman–Crippen LogP) is 9.38. The van der Waals surface area contributed by atoms with Crippen LogP contribution in [0.25, 0.3) is 0 Å². The van der Waals surface area contributed by atoms with Crippen LogP contribution in [0.2, 0.25) is 26.6 Å². The van der Waals surface area contributed by atoms with E-state index in [2.05, 4.69) is 41.5 Å². The van der Waals surface area contributed by atoms with E-state index in [0.717, 1.165) is 0 Å². The summed E-state index contributed by atoms with van der Waals surface area (Å²) in [6.45, 7) is 14.7.